The number of anilines is 1. The second-order valence-corrected chi connectivity index (χ2v) is 5.24. The summed E-state index contributed by atoms with van der Waals surface area (Å²) in [6, 6.07) is 4.48. The smallest absolute Gasteiger partial charge is 0.335 e. The second-order valence-electron chi connectivity index (χ2n) is 5.24. The lowest BCUT2D eigenvalue weighted by atomic mass is 10.1. The van der Waals surface area contributed by atoms with Gasteiger partial charge in [-0.1, -0.05) is 0 Å². The largest absolute Gasteiger partial charge is 0.478 e. The molecule has 2 atom stereocenters. The van der Waals surface area contributed by atoms with Crippen LogP contribution >= 0.6 is 0 Å². The summed E-state index contributed by atoms with van der Waals surface area (Å²) in [6.07, 6.45) is 0.621. The first-order valence-electron chi connectivity index (χ1n) is 6.65. The van der Waals surface area contributed by atoms with E-state index in [1.165, 1.54) is 6.07 Å². The maximum Gasteiger partial charge on any atom is 0.335 e. The summed E-state index contributed by atoms with van der Waals surface area (Å²) in [5.74, 6) is -1.01. The Morgan fingerprint density at radius 3 is 2.80 bits per heavy atom. The van der Waals surface area contributed by atoms with Crippen molar-refractivity contribution in [2.24, 2.45) is 0 Å². The maximum absolute atomic E-state index is 12.4. The fourth-order valence-corrected chi connectivity index (χ4v) is 2.86. The first kappa shape index (κ1) is 13.1. The molecule has 0 radical (unpaired) electrons. The van der Waals surface area contributed by atoms with E-state index in [2.05, 4.69) is 5.32 Å². The minimum Gasteiger partial charge on any atom is -0.478 e. The molecule has 2 aliphatic rings. The van der Waals surface area contributed by atoms with Crippen molar-refractivity contribution in [3.05, 3.63) is 29.3 Å². The van der Waals surface area contributed by atoms with Crippen LogP contribution in [0.25, 0.3) is 0 Å². The average Bonchev–Trinajstić information content (AvgIpc) is 3.03. The SMILES string of the molecule is O=C(O)c1ccc2c(c1)CCN2C(=O)C1CC(O)CN1. The Balaban J connectivity index is 1.82. The number of carboxylic acid groups (broad SMARTS) is 1. The van der Waals surface area contributed by atoms with Gasteiger partial charge in [-0.05, 0) is 36.6 Å². The van der Waals surface area contributed by atoms with Gasteiger partial charge in [-0.25, -0.2) is 4.79 Å². The summed E-state index contributed by atoms with van der Waals surface area (Å²) in [6.45, 7) is 1.00. The molecule has 20 heavy (non-hydrogen) atoms. The predicted octanol–water partition coefficient (Wildman–Crippen LogP) is -0.00330. The van der Waals surface area contributed by atoms with E-state index >= 15 is 0 Å². The van der Waals surface area contributed by atoms with Gasteiger partial charge in [0, 0.05) is 18.8 Å². The number of fused-ring (bicyclic) bond motifs is 1. The van der Waals surface area contributed by atoms with Crippen molar-refractivity contribution in [3.63, 3.8) is 0 Å². The summed E-state index contributed by atoms with van der Waals surface area (Å²) >= 11 is 0. The summed E-state index contributed by atoms with van der Waals surface area (Å²) in [7, 11) is 0. The lowest BCUT2D eigenvalue weighted by Gasteiger charge is -2.21. The Kier molecular flexibility index (Phi) is 3.19. The van der Waals surface area contributed by atoms with Crippen LogP contribution in [0.5, 0.6) is 0 Å². The van der Waals surface area contributed by atoms with Gasteiger partial charge in [-0.2, -0.15) is 0 Å². The molecule has 0 bridgehead atoms. The number of β-amino-alcohol motifs (C(OH)–C–C–N with tert-alkyl or cyclic N) is 1. The number of hydrogen-bond acceptors (Lipinski definition) is 4. The van der Waals surface area contributed by atoms with Crippen molar-refractivity contribution in [1.29, 1.82) is 0 Å². The van der Waals surface area contributed by atoms with Gasteiger partial charge in [0.05, 0.1) is 17.7 Å². The quantitative estimate of drug-likeness (QED) is 0.707. The van der Waals surface area contributed by atoms with E-state index in [1.807, 2.05) is 0 Å². The Bertz CT molecular complexity index is 572. The van der Waals surface area contributed by atoms with Crippen LogP contribution in [0, 0.1) is 0 Å². The van der Waals surface area contributed by atoms with Crippen molar-refractivity contribution >= 4 is 17.6 Å². The summed E-state index contributed by atoms with van der Waals surface area (Å²) in [5, 5.41) is 21.5. The molecule has 106 valence electrons. The molecule has 1 amide bonds. The number of nitrogens with zero attached hydrogens (tertiary/aromatic N) is 1. The summed E-state index contributed by atoms with van der Waals surface area (Å²) in [5.41, 5.74) is 1.91. The number of aliphatic hydroxyl groups is 1. The van der Waals surface area contributed by atoms with Crippen LogP contribution in [0.2, 0.25) is 0 Å². The third-order valence-corrected chi connectivity index (χ3v) is 3.89. The van der Waals surface area contributed by atoms with Gasteiger partial charge in [0.1, 0.15) is 0 Å². The van der Waals surface area contributed by atoms with E-state index in [9.17, 15) is 14.7 Å². The highest BCUT2D eigenvalue weighted by molar-refractivity contribution is 6.00. The van der Waals surface area contributed by atoms with Gasteiger partial charge in [0.25, 0.3) is 0 Å². The second kappa shape index (κ2) is 4.88. The highest BCUT2D eigenvalue weighted by Gasteiger charge is 2.34. The highest BCUT2D eigenvalue weighted by Crippen LogP contribution is 2.30. The molecule has 0 aliphatic carbocycles. The van der Waals surface area contributed by atoms with E-state index in [0.29, 0.717) is 25.9 Å². The minimum absolute atomic E-state index is 0.0524. The van der Waals surface area contributed by atoms with Crippen LogP contribution < -0.4 is 10.2 Å². The van der Waals surface area contributed by atoms with Gasteiger partial charge in [0.15, 0.2) is 0 Å². The van der Waals surface area contributed by atoms with Gasteiger partial charge < -0.3 is 20.4 Å². The first-order valence-corrected chi connectivity index (χ1v) is 6.65. The summed E-state index contributed by atoms with van der Waals surface area (Å²) < 4.78 is 0. The normalized spacial score (nSPS) is 24.8. The van der Waals surface area contributed by atoms with Crippen molar-refractivity contribution < 1.29 is 19.8 Å². The molecule has 2 heterocycles. The van der Waals surface area contributed by atoms with Crippen LogP contribution in [-0.4, -0.2) is 47.3 Å². The number of nitrogens with one attached hydrogen (secondary N) is 1. The zero-order valence-corrected chi connectivity index (χ0v) is 10.9. The monoisotopic (exact) mass is 276 g/mol. The van der Waals surface area contributed by atoms with Crippen molar-refractivity contribution in [2.45, 2.75) is 25.0 Å². The minimum atomic E-state index is -0.960. The number of amides is 1. The molecule has 0 spiro atoms. The average molecular weight is 276 g/mol. The molecular weight excluding hydrogens is 260 g/mol. The lowest BCUT2D eigenvalue weighted by molar-refractivity contribution is -0.120. The molecule has 2 aliphatic heterocycles. The van der Waals surface area contributed by atoms with Crippen LogP contribution in [0.4, 0.5) is 5.69 Å². The standard InChI is InChI=1S/C14H16N2O4/c17-10-6-11(15-7-10)13(18)16-4-3-8-5-9(14(19)20)1-2-12(8)16/h1-2,5,10-11,15,17H,3-4,6-7H2,(H,19,20). The Morgan fingerprint density at radius 1 is 1.35 bits per heavy atom. The number of carbonyl (C=O) groups excluding carboxylic acids is 1. The predicted molar refractivity (Wildman–Crippen MR) is 71.9 cm³/mol. The number of carbonyl (C=O) groups is 2. The van der Waals surface area contributed by atoms with E-state index in [-0.39, 0.29) is 17.5 Å². The molecule has 3 rings (SSSR count). The number of rotatable bonds is 2. The Morgan fingerprint density at radius 2 is 2.15 bits per heavy atom. The van der Waals surface area contributed by atoms with E-state index < -0.39 is 12.1 Å². The molecule has 1 aromatic carbocycles. The van der Waals surface area contributed by atoms with Crippen LogP contribution in [-0.2, 0) is 11.2 Å². The molecule has 0 saturated carbocycles. The molecule has 6 nitrogen and oxygen atoms in total. The van der Waals surface area contributed by atoms with Crippen LogP contribution in [0.15, 0.2) is 18.2 Å². The number of benzene rings is 1. The maximum atomic E-state index is 12.4. The Labute approximate surface area is 116 Å². The van der Waals surface area contributed by atoms with Gasteiger partial charge >= 0.3 is 5.97 Å². The highest BCUT2D eigenvalue weighted by atomic mass is 16.4. The van der Waals surface area contributed by atoms with Crippen molar-refractivity contribution in [3.8, 4) is 0 Å². The first-order chi connectivity index (χ1) is 9.56. The van der Waals surface area contributed by atoms with Crippen molar-refractivity contribution in [1.82, 2.24) is 5.32 Å². The molecule has 6 heteroatoms. The lowest BCUT2D eigenvalue weighted by Crippen LogP contribution is -2.42. The molecule has 3 N–H and O–H groups in total. The topological polar surface area (TPSA) is 89.9 Å². The third-order valence-electron chi connectivity index (χ3n) is 3.89. The summed E-state index contributed by atoms with van der Waals surface area (Å²) in [4.78, 5) is 25.0. The molecule has 1 aromatic rings. The molecule has 0 aromatic heterocycles. The van der Waals surface area contributed by atoms with Crippen LogP contribution in [0.1, 0.15) is 22.3 Å². The van der Waals surface area contributed by atoms with E-state index in [4.69, 9.17) is 5.11 Å². The van der Waals surface area contributed by atoms with E-state index in [0.717, 1.165) is 11.3 Å². The fourth-order valence-electron chi connectivity index (χ4n) is 2.86. The van der Waals surface area contributed by atoms with Crippen molar-refractivity contribution in [2.75, 3.05) is 18.0 Å². The Hall–Kier alpha value is -1.92. The molecular formula is C14H16N2O4. The van der Waals surface area contributed by atoms with E-state index in [1.54, 1.807) is 17.0 Å². The molecule has 1 saturated heterocycles. The van der Waals surface area contributed by atoms with Crippen LogP contribution in [0.3, 0.4) is 0 Å². The number of hydrogen-bond donors (Lipinski definition) is 3. The molecule has 2 unspecified atom stereocenters. The zero-order chi connectivity index (χ0) is 14.3. The number of aromatic carboxylic acids is 1. The molecule has 1 fully saturated rings. The van der Waals surface area contributed by atoms with Gasteiger partial charge in [-0.15, -0.1) is 0 Å². The van der Waals surface area contributed by atoms with Gasteiger partial charge in [0.2, 0.25) is 5.91 Å². The third kappa shape index (κ3) is 2.17. The fraction of sp³-hybridized carbons (Fsp3) is 0.429. The number of carboxylic acids is 1. The number of aliphatic hydroxyl groups excluding tert-OH is 1. The van der Waals surface area contributed by atoms with Gasteiger partial charge in [-0.3, -0.25) is 4.79 Å². The zero-order valence-electron chi connectivity index (χ0n) is 10.9.